The van der Waals surface area contributed by atoms with Crippen LogP contribution in [0.1, 0.15) is 56.1 Å². The predicted molar refractivity (Wildman–Crippen MR) is 86.3 cm³/mol. The second-order valence-electron chi connectivity index (χ2n) is 4.89. The van der Waals surface area contributed by atoms with Crippen LogP contribution in [0.5, 0.6) is 0 Å². The summed E-state index contributed by atoms with van der Waals surface area (Å²) in [5, 5.41) is 6.76. The molecule has 0 aliphatic carbocycles. The van der Waals surface area contributed by atoms with Gasteiger partial charge in [-0.15, -0.1) is 0 Å². The molecule has 0 aromatic carbocycles. The number of thiazole rings is 1. The van der Waals surface area contributed by atoms with E-state index in [0.29, 0.717) is 28.3 Å². The molecule has 0 aliphatic heterocycles. The van der Waals surface area contributed by atoms with Crippen LogP contribution in [0.25, 0.3) is 0 Å². The van der Waals surface area contributed by atoms with E-state index in [9.17, 15) is 4.79 Å². The van der Waals surface area contributed by atoms with Gasteiger partial charge in [-0.1, -0.05) is 44.4 Å². The van der Waals surface area contributed by atoms with Crippen molar-refractivity contribution in [1.29, 1.82) is 0 Å². The average molecular weight is 298 g/mol. The van der Waals surface area contributed by atoms with Crippen molar-refractivity contribution >= 4 is 28.2 Å². The van der Waals surface area contributed by atoms with Crippen LogP contribution in [0.3, 0.4) is 0 Å². The molecular formula is C14H26N4OS. The van der Waals surface area contributed by atoms with Gasteiger partial charge in [0, 0.05) is 13.1 Å². The zero-order valence-electron chi connectivity index (χ0n) is 12.7. The number of hydrogen-bond donors (Lipinski definition) is 3. The monoisotopic (exact) mass is 298 g/mol. The van der Waals surface area contributed by atoms with E-state index in [-0.39, 0.29) is 5.91 Å². The van der Waals surface area contributed by atoms with Gasteiger partial charge in [0.15, 0.2) is 5.13 Å². The van der Waals surface area contributed by atoms with Crippen LogP contribution >= 0.6 is 11.3 Å². The molecule has 1 heterocycles. The van der Waals surface area contributed by atoms with Gasteiger partial charge in [-0.2, -0.15) is 0 Å². The molecule has 1 aromatic heterocycles. The summed E-state index contributed by atoms with van der Waals surface area (Å²) in [5.74, 6) is 0.741. The summed E-state index contributed by atoms with van der Waals surface area (Å²) in [6.45, 7) is 7.81. The number of rotatable bonds is 9. The van der Waals surface area contributed by atoms with E-state index in [4.69, 9.17) is 5.73 Å². The lowest BCUT2D eigenvalue weighted by atomic mass is 9.99. The number of aromatic nitrogens is 1. The van der Waals surface area contributed by atoms with Crippen molar-refractivity contribution in [3.05, 3.63) is 4.88 Å². The fourth-order valence-electron chi connectivity index (χ4n) is 1.98. The molecule has 114 valence electrons. The number of nitrogens with one attached hydrogen (secondary N) is 2. The summed E-state index contributed by atoms with van der Waals surface area (Å²) in [6.07, 6.45) is 4.65. The zero-order valence-corrected chi connectivity index (χ0v) is 13.5. The minimum absolute atomic E-state index is 0.112. The van der Waals surface area contributed by atoms with Gasteiger partial charge in [0.2, 0.25) is 0 Å². The van der Waals surface area contributed by atoms with E-state index in [0.717, 1.165) is 19.4 Å². The Balaban J connectivity index is 2.53. The Morgan fingerprint density at radius 1 is 1.40 bits per heavy atom. The van der Waals surface area contributed by atoms with E-state index < -0.39 is 0 Å². The molecule has 0 saturated carbocycles. The van der Waals surface area contributed by atoms with E-state index in [1.807, 2.05) is 6.92 Å². The largest absolute Gasteiger partial charge is 0.382 e. The highest BCUT2D eigenvalue weighted by Crippen LogP contribution is 2.24. The third kappa shape index (κ3) is 5.00. The molecule has 1 rings (SSSR count). The second kappa shape index (κ2) is 8.79. The van der Waals surface area contributed by atoms with Gasteiger partial charge >= 0.3 is 0 Å². The summed E-state index contributed by atoms with van der Waals surface area (Å²) < 4.78 is 0. The Bertz CT molecular complexity index is 419. The molecule has 0 bridgehead atoms. The van der Waals surface area contributed by atoms with Crippen molar-refractivity contribution in [2.45, 2.75) is 46.5 Å². The number of amides is 1. The number of nitrogens with two attached hydrogens (primary N) is 1. The SMILES string of the molecule is CCCCC(CC)CNC(=O)c1sc(NCC)nc1N. The zero-order chi connectivity index (χ0) is 15.0. The van der Waals surface area contributed by atoms with Crippen molar-refractivity contribution < 1.29 is 4.79 Å². The molecule has 4 N–H and O–H groups in total. The van der Waals surface area contributed by atoms with Crippen molar-refractivity contribution in [2.24, 2.45) is 5.92 Å². The average Bonchev–Trinajstić information content (AvgIpc) is 2.80. The first-order valence-electron chi connectivity index (χ1n) is 7.40. The van der Waals surface area contributed by atoms with Gasteiger partial charge in [0.25, 0.3) is 5.91 Å². The standard InChI is InChI=1S/C14H26N4OS/c1-4-7-8-10(5-2)9-17-13(19)11-12(15)18-14(20-11)16-6-3/h10H,4-9,15H2,1-3H3,(H,16,18)(H,17,19). The Kier molecular flexibility index (Phi) is 7.36. The van der Waals surface area contributed by atoms with Crippen molar-refractivity contribution in [2.75, 3.05) is 24.1 Å². The first-order chi connectivity index (χ1) is 9.62. The smallest absolute Gasteiger partial charge is 0.265 e. The molecule has 1 aromatic rings. The van der Waals surface area contributed by atoms with E-state index >= 15 is 0 Å². The Labute approximate surface area is 125 Å². The maximum absolute atomic E-state index is 12.1. The normalized spacial score (nSPS) is 12.2. The van der Waals surface area contributed by atoms with Crippen LogP contribution in [-0.2, 0) is 0 Å². The van der Waals surface area contributed by atoms with E-state index in [2.05, 4.69) is 29.5 Å². The Morgan fingerprint density at radius 2 is 2.15 bits per heavy atom. The third-order valence-corrected chi connectivity index (χ3v) is 4.31. The first kappa shape index (κ1) is 16.8. The minimum Gasteiger partial charge on any atom is -0.382 e. The highest BCUT2D eigenvalue weighted by atomic mass is 32.1. The first-order valence-corrected chi connectivity index (χ1v) is 8.22. The van der Waals surface area contributed by atoms with Gasteiger partial charge in [-0.3, -0.25) is 4.79 Å². The maximum Gasteiger partial charge on any atom is 0.265 e. The molecule has 1 atom stereocenters. The highest BCUT2D eigenvalue weighted by Gasteiger charge is 2.17. The molecule has 1 amide bonds. The molecule has 20 heavy (non-hydrogen) atoms. The number of nitrogen functional groups attached to an aromatic ring is 1. The van der Waals surface area contributed by atoms with Gasteiger partial charge in [-0.05, 0) is 19.3 Å². The van der Waals surface area contributed by atoms with Crippen molar-refractivity contribution in [3.63, 3.8) is 0 Å². The number of carbonyl (C=O) groups is 1. The van der Waals surface area contributed by atoms with Crippen LogP contribution in [0, 0.1) is 5.92 Å². The van der Waals surface area contributed by atoms with Gasteiger partial charge < -0.3 is 16.4 Å². The molecule has 0 saturated heterocycles. The lowest BCUT2D eigenvalue weighted by Gasteiger charge is -2.14. The lowest BCUT2D eigenvalue weighted by molar-refractivity contribution is 0.0950. The van der Waals surface area contributed by atoms with Gasteiger partial charge in [-0.25, -0.2) is 4.98 Å². The van der Waals surface area contributed by atoms with Crippen LogP contribution in [-0.4, -0.2) is 24.0 Å². The molecule has 0 radical (unpaired) electrons. The molecular weight excluding hydrogens is 272 g/mol. The Hall–Kier alpha value is -1.30. The van der Waals surface area contributed by atoms with Crippen LogP contribution < -0.4 is 16.4 Å². The number of hydrogen-bond acceptors (Lipinski definition) is 5. The number of unbranched alkanes of at least 4 members (excludes halogenated alkanes) is 1. The topological polar surface area (TPSA) is 80.0 Å². The summed E-state index contributed by atoms with van der Waals surface area (Å²) in [6, 6.07) is 0. The fraction of sp³-hybridized carbons (Fsp3) is 0.714. The maximum atomic E-state index is 12.1. The number of carbonyl (C=O) groups excluding carboxylic acids is 1. The van der Waals surface area contributed by atoms with Crippen LogP contribution in [0.4, 0.5) is 10.9 Å². The minimum atomic E-state index is -0.112. The van der Waals surface area contributed by atoms with Crippen molar-refractivity contribution in [3.8, 4) is 0 Å². The van der Waals surface area contributed by atoms with Gasteiger partial charge in [0.05, 0.1) is 0 Å². The summed E-state index contributed by atoms with van der Waals surface area (Å²) in [7, 11) is 0. The third-order valence-electron chi connectivity index (χ3n) is 3.28. The molecule has 0 fully saturated rings. The molecule has 0 spiro atoms. The quantitative estimate of drug-likeness (QED) is 0.654. The molecule has 0 aliphatic rings. The summed E-state index contributed by atoms with van der Waals surface area (Å²) in [5.41, 5.74) is 5.79. The molecule has 1 unspecified atom stereocenters. The van der Waals surface area contributed by atoms with Crippen LogP contribution in [0.15, 0.2) is 0 Å². The lowest BCUT2D eigenvalue weighted by Crippen LogP contribution is -2.29. The number of anilines is 2. The Morgan fingerprint density at radius 3 is 2.75 bits per heavy atom. The molecule has 5 nitrogen and oxygen atoms in total. The van der Waals surface area contributed by atoms with Gasteiger partial charge in [0.1, 0.15) is 10.7 Å². The predicted octanol–water partition coefficient (Wildman–Crippen LogP) is 3.10. The van der Waals surface area contributed by atoms with E-state index in [1.165, 1.54) is 24.2 Å². The summed E-state index contributed by atoms with van der Waals surface area (Å²) >= 11 is 1.31. The highest BCUT2D eigenvalue weighted by molar-refractivity contribution is 7.18. The number of nitrogens with zero attached hydrogens (tertiary/aromatic N) is 1. The second-order valence-corrected chi connectivity index (χ2v) is 5.89. The molecule has 6 heteroatoms. The van der Waals surface area contributed by atoms with E-state index in [1.54, 1.807) is 0 Å². The summed E-state index contributed by atoms with van der Waals surface area (Å²) in [4.78, 5) is 16.8. The van der Waals surface area contributed by atoms with Crippen molar-refractivity contribution in [1.82, 2.24) is 10.3 Å². The van der Waals surface area contributed by atoms with Crippen LogP contribution in [0.2, 0.25) is 0 Å². The fourth-order valence-corrected chi connectivity index (χ4v) is 2.85.